The van der Waals surface area contributed by atoms with Gasteiger partial charge in [-0.2, -0.15) is 0 Å². The Hall–Kier alpha value is -3.65. The fraction of sp³-hybridized carbons (Fsp3) is 0.467. The van der Waals surface area contributed by atoms with Crippen LogP contribution in [0.1, 0.15) is 30.9 Å². The minimum atomic E-state index is -1.55. The number of primary amides is 1. The van der Waals surface area contributed by atoms with Crippen molar-refractivity contribution in [2.24, 2.45) is 5.73 Å². The zero-order chi connectivity index (χ0) is 30.9. The van der Waals surface area contributed by atoms with E-state index in [1.54, 1.807) is 18.7 Å². The third-order valence-corrected chi connectivity index (χ3v) is 7.73. The molecule has 2 saturated heterocycles. The van der Waals surface area contributed by atoms with Gasteiger partial charge in [-0.15, -0.1) is 5.10 Å². The number of anilines is 1. The van der Waals surface area contributed by atoms with Crippen LogP contribution in [0.3, 0.4) is 0 Å². The summed E-state index contributed by atoms with van der Waals surface area (Å²) in [5.41, 5.74) is 7.42. The standard InChI is InChI=1S/C30H36F3N5O5/c1-18-27(41-16-21-17-42-30(2,3)43-21)35-38(20-8-6-5-7-9-20)28(18)37(29(34)39)25-15-36(10-11-40-4)14-22(25)19-12-23(31)26(33)24(32)13-19/h5-9,12-13,21-22,25H,10-11,14-17H2,1-4H3,(H2,34,39)/t21-,22+,25-/m1/s1. The largest absolute Gasteiger partial charge is 0.473 e. The Labute approximate surface area is 248 Å². The Bertz CT molecular complexity index is 1430. The van der Waals surface area contributed by atoms with Gasteiger partial charge < -0.3 is 24.7 Å². The summed E-state index contributed by atoms with van der Waals surface area (Å²) >= 11 is 0. The summed E-state index contributed by atoms with van der Waals surface area (Å²) in [5, 5.41) is 4.70. The Balaban J connectivity index is 1.57. The van der Waals surface area contributed by atoms with Crippen molar-refractivity contribution < 1.29 is 36.9 Å². The van der Waals surface area contributed by atoms with Crippen molar-refractivity contribution in [2.75, 3.05) is 51.5 Å². The monoisotopic (exact) mass is 603 g/mol. The number of carbonyl (C=O) groups is 1. The quantitative estimate of drug-likeness (QED) is 0.348. The smallest absolute Gasteiger partial charge is 0.320 e. The molecule has 5 rings (SSSR count). The third kappa shape index (κ3) is 6.49. The fourth-order valence-corrected chi connectivity index (χ4v) is 5.73. The second kappa shape index (κ2) is 12.5. The highest BCUT2D eigenvalue weighted by molar-refractivity contribution is 5.92. The molecule has 3 heterocycles. The molecule has 0 saturated carbocycles. The summed E-state index contributed by atoms with van der Waals surface area (Å²) in [6, 6.07) is 9.57. The molecule has 2 aliphatic heterocycles. The van der Waals surface area contributed by atoms with Crippen LogP contribution in [0.2, 0.25) is 0 Å². The normalized spacial score (nSPS) is 21.8. The van der Waals surface area contributed by atoms with E-state index in [1.165, 1.54) is 4.90 Å². The van der Waals surface area contributed by atoms with Gasteiger partial charge in [0.2, 0.25) is 5.88 Å². The molecule has 1 aromatic heterocycles. The van der Waals surface area contributed by atoms with Gasteiger partial charge in [0.1, 0.15) is 18.5 Å². The number of amides is 2. The number of likely N-dealkylation sites (tertiary alicyclic amines) is 1. The minimum absolute atomic E-state index is 0.150. The van der Waals surface area contributed by atoms with Crippen LogP contribution in [0.15, 0.2) is 42.5 Å². The SMILES string of the molecule is COCCN1C[C@@H](N(C(N)=O)c2c(C)c(OC[C@@H]3COC(C)(C)O3)nn2-c2ccccc2)[C@H](c2cc(F)c(F)c(F)c2)C1. The van der Waals surface area contributed by atoms with E-state index in [4.69, 9.17) is 29.8 Å². The lowest BCUT2D eigenvalue weighted by Crippen LogP contribution is -2.48. The van der Waals surface area contributed by atoms with Gasteiger partial charge in [0, 0.05) is 32.7 Å². The molecule has 3 aromatic rings. The number of benzene rings is 2. The van der Waals surface area contributed by atoms with E-state index >= 15 is 0 Å². The molecule has 0 spiro atoms. The van der Waals surface area contributed by atoms with Crippen LogP contribution in [0.5, 0.6) is 5.88 Å². The number of urea groups is 1. The molecule has 232 valence electrons. The maximum absolute atomic E-state index is 14.4. The van der Waals surface area contributed by atoms with Crippen molar-refractivity contribution in [2.45, 2.75) is 44.6 Å². The Morgan fingerprint density at radius 2 is 1.86 bits per heavy atom. The number of halogens is 3. The van der Waals surface area contributed by atoms with Gasteiger partial charge in [-0.05, 0) is 50.6 Å². The number of carbonyl (C=O) groups excluding carboxylic acids is 1. The first-order valence-corrected chi connectivity index (χ1v) is 14.0. The van der Waals surface area contributed by atoms with E-state index in [2.05, 4.69) is 0 Å². The van der Waals surface area contributed by atoms with Gasteiger partial charge in [-0.3, -0.25) is 9.80 Å². The number of hydrogen-bond acceptors (Lipinski definition) is 7. The summed E-state index contributed by atoms with van der Waals surface area (Å²) in [5.74, 6) is -4.93. The summed E-state index contributed by atoms with van der Waals surface area (Å²) in [6.45, 7) is 7.39. The number of ether oxygens (including phenoxy) is 4. The van der Waals surface area contributed by atoms with Gasteiger partial charge in [-0.25, -0.2) is 22.6 Å². The maximum Gasteiger partial charge on any atom is 0.320 e. The van der Waals surface area contributed by atoms with Crippen LogP contribution >= 0.6 is 0 Å². The predicted octanol–water partition coefficient (Wildman–Crippen LogP) is 4.13. The zero-order valence-corrected chi connectivity index (χ0v) is 24.6. The third-order valence-electron chi connectivity index (χ3n) is 7.73. The molecule has 13 heteroatoms. The zero-order valence-electron chi connectivity index (χ0n) is 24.6. The van der Waals surface area contributed by atoms with Crippen molar-refractivity contribution in [3.8, 4) is 11.6 Å². The van der Waals surface area contributed by atoms with Crippen LogP contribution in [-0.4, -0.2) is 85.2 Å². The number of para-hydroxylation sites is 1. The average molecular weight is 604 g/mol. The number of nitrogens with two attached hydrogens (primary N) is 1. The lowest BCUT2D eigenvalue weighted by Gasteiger charge is -2.32. The molecule has 2 N–H and O–H groups in total. The first-order valence-electron chi connectivity index (χ1n) is 14.0. The van der Waals surface area contributed by atoms with E-state index < -0.39 is 41.2 Å². The minimum Gasteiger partial charge on any atom is -0.473 e. The highest BCUT2D eigenvalue weighted by Gasteiger charge is 2.43. The molecule has 3 atom stereocenters. The molecular weight excluding hydrogens is 567 g/mol. The van der Waals surface area contributed by atoms with Gasteiger partial charge >= 0.3 is 6.03 Å². The van der Waals surface area contributed by atoms with Crippen LogP contribution in [0.25, 0.3) is 5.69 Å². The van der Waals surface area contributed by atoms with Crippen molar-refractivity contribution in [3.05, 3.63) is 71.0 Å². The Morgan fingerprint density at radius 1 is 1.16 bits per heavy atom. The van der Waals surface area contributed by atoms with Crippen LogP contribution in [-0.2, 0) is 14.2 Å². The first kappa shape index (κ1) is 30.8. The molecule has 2 amide bonds. The number of hydrogen-bond donors (Lipinski definition) is 1. The predicted molar refractivity (Wildman–Crippen MR) is 152 cm³/mol. The van der Waals surface area contributed by atoms with Crippen molar-refractivity contribution in [1.29, 1.82) is 0 Å². The molecule has 2 aromatic carbocycles. The van der Waals surface area contributed by atoms with Crippen molar-refractivity contribution in [3.63, 3.8) is 0 Å². The van der Waals surface area contributed by atoms with E-state index in [0.29, 0.717) is 49.9 Å². The summed E-state index contributed by atoms with van der Waals surface area (Å²) in [7, 11) is 1.57. The second-order valence-electron chi connectivity index (χ2n) is 11.2. The summed E-state index contributed by atoms with van der Waals surface area (Å²) in [4.78, 5) is 16.7. The van der Waals surface area contributed by atoms with Gasteiger partial charge in [-0.1, -0.05) is 18.2 Å². The molecule has 0 radical (unpaired) electrons. The molecule has 0 unspecified atom stereocenters. The topological polar surface area (TPSA) is 104 Å². The molecule has 10 nitrogen and oxygen atoms in total. The van der Waals surface area contributed by atoms with Gasteiger partial charge in [0.25, 0.3) is 0 Å². The number of rotatable bonds is 10. The number of nitrogens with zero attached hydrogens (tertiary/aromatic N) is 4. The number of methoxy groups -OCH3 is 1. The highest BCUT2D eigenvalue weighted by Crippen LogP contribution is 2.39. The van der Waals surface area contributed by atoms with E-state index in [-0.39, 0.29) is 24.2 Å². The van der Waals surface area contributed by atoms with Crippen LogP contribution in [0, 0.1) is 24.4 Å². The lowest BCUT2D eigenvalue weighted by molar-refractivity contribution is -0.141. The van der Waals surface area contributed by atoms with E-state index in [1.807, 2.05) is 49.1 Å². The van der Waals surface area contributed by atoms with Gasteiger partial charge in [0.15, 0.2) is 23.2 Å². The Morgan fingerprint density at radius 3 is 2.47 bits per heavy atom. The summed E-state index contributed by atoms with van der Waals surface area (Å²) < 4.78 is 67.1. The second-order valence-corrected chi connectivity index (χ2v) is 11.2. The Kier molecular flexibility index (Phi) is 8.97. The van der Waals surface area contributed by atoms with E-state index in [9.17, 15) is 18.0 Å². The van der Waals surface area contributed by atoms with Crippen molar-refractivity contribution in [1.82, 2.24) is 14.7 Å². The molecular formula is C30H36F3N5O5. The van der Waals surface area contributed by atoms with Crippen LogP contribution in [0.4, 0.5) is 23.8 Å². The number of aromatic nitrogens is 2. The highest BCUT2D eigenvalue weighted by atomic mass is 19.2. The maximum atomic E-state index is 14.4. The van der Waals surface area contributed by atoms with E-state index in [0.717, 1.165) is 12.1 Å². The molecule has 43 heavy (non-hydrogen) atoms. The molecule has 2 fully saturated rings. The molecule has 2 aliphatic rings. The lowest BCUT2D eigenvalue weighted by atomic mass is 9.92. The van der Waals surface area contributed by atoms with Crippen LogP contribution < -0.4 is 15.4 Å². The summed E-state index contributed by atoms with van der Waals surface area (Å²) in [6.07, 6.45) is -0.330. The van der Waals surface area contributed by atoms with Crippen molar-refractivity contribution >= 4 is 11.8 Å². The first-order chi connectivity index (χ1) is 20.5. The molecule has 0 bridgehead atoms. The fourth-order valence-electron chi connectivity index (χ4n) is 5.73. The molecule has 0 aliphatic carbocycles. The van der Waals surface area contributed by atoms with Gasteiger partial charge in [0.05, 0.1) is 30.5 Å². The average Bonchev–Trinajstić information content (AvgIpc) is 3.65.